The Kier molecular flexibility index (Phi) is 71.4. The van der Waals surface area contributed by atoms with E-state index in [1.165, 1.54) is 77.0 Å². The molecule has 102 heavy (non-hydrogen) atoms. The summed E-state index contributed by atoms with van der Waals surface area (Å²) in [6.45, 7) is 8.46. The highest BCUT2D eigenvalue weighted by atomic mass is 16.6. The Morgan fingerprint density at radius 2 is 0.451 bits per heavy atom. The van der Waals surface area contributed by atoms with Crippen LogP contribution in [0.3, 0.4) is 0 Å². The first-order valence-corrected chi connectivity index (χ1v) is 41.4. The van der Waals surface area contributed by atoms with E-state index < -0.39 is 73.4 Å². The maximum atomic E-state index is 14.5. The van der Waals surface area contributed by atoms with Gasteiger partial charge in [0, 0.05) is 38.8 Å². The van der Waals surface area contributed by atoms with Crippen LogP contribution in [0.2, 0.25) is 0 Å². The molecule has 0 aromatic carbocycles. The monoisotopic (exact) mass is 1430 g/mol. The molecule has 586 valence electrons. The second kappa shape index (κ2) is 75.3. The van der Waals surface area contributed by atoms with Crippen molar-refractivity contribution in [1.82, 2.24) is 9.80 Å². The molecule has 0 aliphatic heterocycles. The normalized spacial score (nSPS) is 13.4. The van der Waals surface area contributed by atoms with E-state index in [0.717, 1.165) is 180 Å². The second-order valence-corrected chi connectivity index (χ2v) is 28.4. The van der Waals surface area contributed by atoms with Gasteiger partial charge in [0.15, 0.2) is 24.4 Å². The molecule has 0 aliphatic carbocycles. The number of ether oxygens (including phenoxy) is 6. The number of hydrogen-bond donors (Lipinski definition) is 0. The highest BCUT2D eigenvalue weighted by Crippen LogP contribution is 2.25. The van der Waals surface area contributed by atoms with Gasteiger partial charge in [0.1, 0.15) is 13.2 Å². The molecule has 0 bridgehead atoms. The minimum Gasteiger partial charge on any atom is -0.462 e. The third-order valence-electron chi connectivity index (χ3n) is 17.8. The molecule has 0 heterocycles. The van der Waals surface area contributed by atoms with Crippen molar-refractivity contribution in [2.24, 2.45) is 0 Å². The third kappa shape index (κ3) is 67.8. The average molecular weight is 1430 g/mol. The van der Waals surface area contributed by atoms with Crippen molar-refractivity contribution >= 4 is 35.8 Å². The van der Waals surface area contributed by atoms with E-state index in [2.05, 4.69) is 125 Å². The highest BCUT2D eigenvalue weighted by molar-refractivity contribution is 5.73. The summed E-state index contributed by atoms with van der Waals surface area (Å²) in [5.41, 5.74) is 0. The van der Waals surface area contributed by atoms with Gasteiger partial charge in [0.05, 0.1) is 12.8 Å². The predicted octanol–water partition coefficient (Wildman–Crippen LogP) is 22.9. The summed E-state index contributed by atoms with van der Waals surface area (Å²) in [6, 6.07) is 0. The first-order chi connectivity index (χ1) is 49.8. The van der Waals surface area contributed by atoms with Gasteiger partial charge in [-0.3, -0.25) is 28.8 Å². The van der Waals surface area contributed by atoms with Gasteiger partial charge in [0.2, 0.25) is 0 Å². The van der Waals surface area contributed by atoms with Crippen LogP contribution < -0.4 is 0 Å². The Hall–Kier alpha value is -5.34. The third-order valence-corrected chi connectivity index (χ3v) is 17.8. The molecule has 0 radical (unpaired) electrons. The summed E-state index contributed by atoms with van der Waals surface area (Å²) in [5.74, 6) is -3.74. The van der Waals surface area contributed by atoms with Gasteiger partial charge < -0.3 is 38.2 Å². The fourth-order valence-electron chi connectivity index (χ4n) is 11.4. The zero-order valence-corrected chi connectivity index (χ0v) is 66.5. The Bertz CT molecular complexity index is 2250. The Morgan fingerprint density at radius 3 is 0.716 bits per heavy atom. The van der Waals surface area contributed by atoms with Crippen LogP contribution >= 0.6 is 0 Å². The molecule has 4 atom stereocenters. The van der Waals surface area contributed by atoms with Crippen LogP contribution in [-0.4, -0.2) is 125 Å². The molecule has 14 nitrogen and oxygen atoms in total. The Labute approximate surface area is 624 Å². The maximum Gasteiger partial charge on any atom is 0.307 e. The molecule has 0 unspecified atom stereocenters. The van der Waals surface area contributed by atoms with E-state index in [-0.39, 0.29) is 38.5 Å². The molecule has 0 saturated carbocycles. The number of unbranched alkanes of at least 4 members (excludes halogenated alkanes) is 32. The molecule has 0 spiro atoms. The Morgan fingerprint density at radius 1 is 0.245 bits per heavy atom. The number of carbonyl (C=O) groups is 6. The zero-order chi connectivity index (χ0) is 74.7. The molecule has 0 rings (SSSR count). The minimum atomic E-state index is -1.66. The summed E-state index contributed by atoms with van der Waals surface area (Å²) in [5, 5.41) is 0. The average Bonchev–Trinajstić information content (AvgIpc) is 0.829. The lowest BCUT2D eigenvalue weighted by atomic mass is 10.0. The number of allylic oxidation sites excluding steroid dienone is 16. The lowest BCUT2D eigenvalue weighted by Gasteiger charge is -2.36. The quantitative estimate of drug-likeness (QED) is 0.0244. The van der Waals surface area contributed by atoms with Crippen LogP contribution in [0.1, 0.15) is 349 Å². The smallest absolute Gasteiger partial charge is 0.307 e. The molecule has 0 N–H and O–H groups in total. The fraction of sp³-hybridized carbons (Fsp3) is 0.750. The van der Waals surface area contributed by atoms with Gasteiger partial charge in [-0.05, 0) is 182 Å². The number of carbonyl (C=O) groups excluding carboxylic acids is 6. The number of nitrogens with zero attached hydrogens (tertiary/aromatic N) is 2. The van der Waals surface area contributed by atoms with E-state index >= 15 is 0 Å². The topological polar surface area (TPSA) is 164 Å². The van der Waals surface area contributed by atoms with Crippen LogP contribution in [0.15, 0.2) is 97.2 Å². The van der Waals surface area contributed by atoms with Crippen molar-refractivity contribution in [3.05, 3.63) is 97.2 Å². The molecule has 0 aromatic heterocycles. The standard InChI is InChI=1S/C88H152N2O12/c1-9-13-17-21-25-29-33-37-41-45-49-53-57-61-65-69-81(91)97-77-79(99-83(93)70-66-62-58-54-50-46-42-38-34-30-26-22-18-14-10-2)87(101-84(94)71-67-63-59-55-51-47-43-39-35-31-27-23-19-15-11-3)88(80(100-86(96)74-76-90(7)8)78-98-82(92)73-75-89(5)6)102-85(95)72-68-64-60-56-52-48-44-40-36-32-28-24-20-16-12-4/h25-32,37-44,79-80,87-88H,9-24,33-36,45-78H2,1-8H3/b29-25-,30-26-,31-27-,32-28-,41-37-,42-38-,43-39-,44-40-/t79-,80-,87-,88-/m1/s1. The largest absolute Gasteiger partial charge is 0.462 e. The molecular formula is C88H152N2O12. The molecule has 0 saturated heterocycles. The van der Waals surface area contributed by atoms with Crippen LogP contribution in [0.5, 0.6) is 0 Å². The number of rotatable bonds is 73. The summed E-state index contributed by atoms with van der Waals surface area (Å²) < 4.78 is 37.3. The fourth-order valence-corrected chi connectivity index (χ4v) is 11.4. The van der Waals surface area contributed by atoms with Crippen LogP contribution in [-0.2, 0) is 57.2 Å². The van der Waals surface area contributed by atoms with Gasteiger partial charge in [-0.15, -0.1) is 0 Å². The number of esters is 6. The van der Waals surface area contributed by atoms with E-state index in [9.17, 15) is 28.8 Å². The van der Waals surface area contributed by atoms with Gasteiger partial charge >= 0.3 is 35.8 Å². The van der Waals surface area contributed by atoms with Crippen molar-refractivity contribution < 1.29 is 57.2 Å². The van der Waals surface area contributed by atoms with Crippen molar-refractivity contribution in [2.75, 3.05) is 54.5 Å². The molecular weight excluding hydrogens is 1280 g/mol. The summed E-state index contributed by atoms with van der Waals surface area (Å²) in [6.07, 6.45) is 73.7. The van der Waals surface area contributed by atoms with Crippen molar-refractivity contribution in [1.29, 1.82) is 0 Å². The summed E-state index contributed by atoms with van der Waals surface area (Å²) >= 11 is 0. The summed E-state index contributed by atoms with van der Waals surface area (Å²) in [4.78, 5) is 88.3. The molecule has 0 aromatic rings. The van der Waals surface area contributed by atoms with E-state index in [0.29, 0.717) is 38.8 Å². The van der Waals surface area contributed by atoms with E-state index in [4.69, 9.17) is 28.4 Å². The van der Waals surface area contributed by atoms with Crippen LogP contribution in [0, 0.1) is 0 Å². The number of hydrogen-bond acceptors (Lipinski definition) is 14. The Balaban J connectivity index is 7.11. The van der Waals surface area contributed by atoms with Gasteiger partial charge in [-0.2, -0.15) is 0 Å². The van der Waals surface area contributed by atoms with Gasteiger partial charge in [0.25, 0.3) is 0 Å². The first-order valence-electron chi connectivity index (χ1n) is 41.4. The predicted molar refractivity (Wildman–Crippen MR) is 425 cm³/mol. The van der Waals surface area contributed by atoms with Gasteiger partial charge in [-0.25, -0.2) is 0 Å². The van der Waals surface area contributed by atoms with Gasteiger partial charge in [-0.1, -0.05) is 253 Å². The molecule has 0 aliphatic rings. The lowest BCUT2D eigenvalue weighted by Crippen LogP contribution is -2.54. The van der Waals surface area contributed by atoms with Crippen LogP contribution in [0.4, 0.5) is 0 Å². The minimum absolute atomic E-state index is 0.0105. The summed E-state index contributed by atoms with van der Waals surface area (Å²) in [7, 11) is 7.32. The highest BCUT2D eigenvalue weighted by Gasteiger charge is 2.45. The molecule has 0 fully saturated rings. The lowest BCUT2D eigenvalue weighted by molar-refractivity contribution is -0.209. The zero-order valence-electron chi connectivity index (χ0n) is 66.5. The molecule has 0 amide bonds. The van der Waals surface area contributed by atoms with Crippen molar-refractivity contribution in [3.8, 4) is 0 Å². The van der Waals surface area contributed by atoms with E-state index in [1.54, 1.807) is 0 Å². The van der Waals surface area contributed by atoms with Crippen LogP contribution in [0.25, 0.3) is 0 Å². The maximum absolute atomic E-state index is 14.5. The van der Waals surface area contributed by atoms with E-state index in [1.807, 2.05) is 38.0 Å². The van der Waals surface area contributed by atoms with Crippen molar-refractivity contribution in [2.45, 2.75) is 373 Å². The molecule has 14 heteroatoms. The first kappa shape index (κ1) is 96.7. The van der Waals surface area contributed by atoms with Crippen molar-refractivity contribution in [3.63, 3.8) is 0 Å². The second-order valence-electron chi connectivity index (χ2n) is 28.4. The SMILES string of the molecule is CCCCC/C=C\C/C=C\CCCCCCCC(=O)OC[C@@H](OC(=O)CCCCCCC/C=C\C/C=C\CCCCC)[C@@H](OC(=O)CCCCCCC/C=C\C/C=C\CCCCC)[C@H](OC(=O)CCCCCCC/C=C\C/C=C\CCCCC)[C@@H](COC(=O)CCN(C)C)OC(=O)CCN(C)C.